The van der Waals surface area contributed by atoms with Gasteiger partial charge in [-0.25, -0.2) is 0 Å². The van der Waals surface area contributed by atoms with E-state index in [1.165, 1.54) is 0 Å². The van der Waals surface area contributed by atoms with E-state index in [4.69, 9.17) is 9.47 Å². The van der Waals surface area contributed by atoms with Crippen LogP contribution in [0.1, 0.15) is 24.1 Å². The van der Waals surface area contributed by atoms with Gasteiger partial charge in [0.05, 0.1) is 12.2 Å². The average Bonchev–Trinajstić information content (AvgIpc) is 3.36. The van der Waals surface area contributed by atoms with Gasteiger partial charge in [-0.15, -0.1) is 0 Å². The minimum absolute atomic E-state index is 0.0000461. The highest BCUT2D eigenvalue weighted by molar-refractivity contribution is 5.90. The average molecular weight is 370 g/mol. The number of ether oxygens (including phenoxy) is 2. The van der Waals surface area contributed by atoms with Gasteiger partial charge in [0.2, 0.25) is 18.6 Å². The number of nitrogens with zero attached hydrogens (tertiary/aromatic N) is 4. The first-order valence-corrected chi connectivity index (χ1v) is 8.93. The van der Waals surface area contributed by atoms with Crippen LogP contribution in [0, 0.1) is 0 Å². The van der Waals surface area contributed by atoms with Crippen molar-refractivity contribution in [1.82, 2.24) is 19.6 Å². The molecule has 0 spiro atoms. The van der Waals surface area contributed by atoms with E-state index in [9.17, 15) is 9.59 Å². The molecule has 8 heteroatoms. The predicted octanol–water partition coefficient (Wildman–Crippen LogP) is 1.30. The number of fused-ring (bicyclic) bond motifs is 1. The molecule has 2 aliphatic rings. The summed E-state index contributed by atoms with van der Waals surface area (Å²) in [7, 11) is 3.61. The molecule has 0 aliphatic carbocycles. The molecule has 4 rings (SSSR count). The molecule has 1 saturated heterocycles. The molecule has 3 heterocycles. The third kappa shape index (κ3) is 3.34. The number of amides is 2. The zero-order valence-electron chi connectivity index (χ0n) is 15.4. The van der Waals surface area contributed by atoms with Crippen LogP contribution in [0.5, 0.6) is 11.5 Å². The molecule has 1 fully saturated rings. The third-order valence-corrected chi connectivity index (χ3v) is 5.10. The maximum atomic E-state index is 13.0. The van der Waals surface area contributed by atoms with Gasteiger partial charge in [-0.3, -0.25) is 14.3 Å². The van der Waals surface area contributed by atoms with Gasteiger partial charge >= 0.3 is 0 Å². The fourth-order valence-electron chi connectivity index (χ4n) is 3.56. The van der Waals surface area contributed by atoms with Crippen LogP contribution in [0.3, 0.4) is 0 Å². The molecule has 27 heavy (non-hydrogen) atoms. The fraction of sp³-hybridized carbons (Fsp3) is 0.421. The van der Waals surface area contributed by atoms with E-state index in [0.29, 0.717) is 37.4 Å². The Kier molecular flexibility index (Phi) is 4.47. The molecule has 0 N–H and O–H groups in total. The summed E-state index contributed by atoms with van der Waals surface area (Å²) in [6.45, 7) is 1.05. The molecule has 1 aromatic carbocycles. The molecule has 142 valence electrons. The van der Waals surface area contributed by atoms with Gasteiger partial charge in [0.15, 0.2) is 11.5 Å². The number of benzene rings is 1. The smallest absolute Gasteiger partial charge is 0.245 e. The maximum absolute atomic E-state index is 13.0. The minimum Gasteiger partial charge on any atom is -0.454 e. The normalized spacial score (nSPS) is 18.2. The monoisotopic (exact) mass is 370 g/mol. The van der Waals surface area contributed by atoms with Crippen molar-refractivity contribution in [2.45, 2.75) is 32.0 Å². The Morgan fingerprint density at radius 3 is 2.89 bits per heavy atom. The summed E-state index contributed by atoms with van der Waals surface area (Å²) < 4.78 is 12.5. The highest BCUT2D eigenvalue weighted by Crippen LogP contribution is 2.33. The lowest BCUT2D eigenvalue weighted by atomic mass is 10.1. The van der Waals surface area contributed by atoms with Crippen LogP contribution in [0.25, 0.3) is 0 Å². The molecular formula is C19H22N4O4. The lowest BCUT2D eigenvalue weighted by molar-refractivity contribution is -0.141. The Bertz CT molecular complexity index is 878. The van der Waals surface area contributed by atoms with Crippen molar-refractivity contribution in [3.63, 3.8) is 0 Å². The molecule has 0 radical (unpaired) electrons. The summed E-state index contributed by atoms with van der Waals surface area (Å²) in [4.78, 5) is 28.7. The second kappa shape index (κ2) is 6.94. The third-order valence-electron chi connectivity index (χ3n) is 5.10. The van der Waals surface area contributed by atoms with Gasteiger partial charge in [-0.05, 0) is 30.2 Å². The SMILES string of the molecule is CN(Cc1ccnn1C)C(=O)C1CCC(=O)N1Cc1ccc2c(c1)OCO2. The van der Waals surface area contributed by atoms with Crippen molar-refractivity contribution in [3.05, 3.63) is 41.7 Å². The van der Waals surface area contributed by atoms with E-state index in [1.54, 1.807) is 27.7 Å². The summed E-state index contributed by atoms with van der Waals surface area (Å²) in [5, 5.41) is 4.13. The Morgan fingerprint density at radius 1 is 1.30 bits per heavy atom. The summed E-state index contributed by atoms with van der Waals surface area (Å²) >= 11 is 0. The van der Waals surface area contributed by atoms with Crippen molar-refractivity contribution < 1.29 is 19.1 Å². The molecule has 0 saturated carbocycles. The second-order valence-electron chi connectivity index (χ2n) is 6.90. The topological polar surface area (TPSA) is 76.9 Å². The zero-order valence-corrected chi connectivity index (χ0v) is 15.4. The Hall–Kier alpha value is -3.03. The number of likely N-dealkylation sites (N-methyl/N-ethyl adjacent to an activating group) is 1. The van der Waals surface area contributed by atoms with Gasteiger partial charge in [-0.2, -0.15) is 5.10 Å². The van der Waals surface area contributed by atoms with Crippen LogP contribution in [0.2, 0.25) is 0 Å². The van der Waals surface area contributed by atoms with E-state index < -0.39 is 6.04 Å². The lowest BCUT2D eigenvalue weighted by Gasteiger charge is -2.28. The molecule has 2 aliphatic heterocycles. The number of hydrogen-bond donors (Lipinski definition) is 0. The van der Waals surface area contributed by atoms with Crippen LogP contribution in [0.15, 0.2) is 30.5 Å². The highest BCUT2D eigenvalue weighted by atomic mass is 16.7. The molecule has 2 amide bonds. The van der Waals surface area contributed by atoms with Gasteiger partial charge in [-0.1, -0.05) is 6.07 Å². The number of likely N-dealkylation sites (tertiary alicyclic amines) is 1. The molecule has 1 atom stereocenters. The van der Waals surface area contributed by atoms with E-state index in [1.807, 2.05) is 31.3 Å². The molecule has 8 nitrogen and oxygen atoms in total. The van der Waals surface area contributed by atoms with Crippen LogP contribution in [-0.2, 0) is 29.7 Å². The standard InChI is InChI=1S/C19H22N4O4/c1-21(11-14-7-8-20-22(14)2)19(25)15-4-6-18(24)23(15)10-13-3-5-16-17(9-13)27-12-26-16/h3,5,7-9,15H,4,6,10-12H2,1-2H3. The van der Waals surface area contributed by atoms with Crippen LogP contribution in [0.4, 0.5) is 0 Å². The first-order valence-electron chi connectivity index (χ1n) is 8.93. The number of hydrogen-bond acceptors (Lipinski definition) is 5. The molecular weight excluding hydrogens is 348 g/mol. The fourth-order valence-corrected chi connectivity index (χ4v) is 3.56. The largest absolute Gasteiger partial charge is 0.454 e. The number of rotatable bonds is 5. The lowest BCUT2D eigenvalue weighted by Crippen LogP contribution is -2.45. The van der Waals surface area contributed by atoms with Crippen molar-refractivity contribution in [2.75, 3.05) is 13.8 Å². The minimum atomic E-state index is -0.443. The molecule has 0 bridgehead atoms. The Morgan fingerprint density at radius 2 is 2.11 bits per heavy atom. The number of carbonyl (C=O) groups is 2. The first kappa shape index (κ1) is 17.4. The van der Waals surface area contributed by atoms with Crippen LogP contribution < -0.4 is 9.47 Å². The van der Waals surface area contributed by atoms with Crippen LogP contribution in [-0.4, -0.2) is 51.3 Å². The number of carbonyl (C=O) groups excluding carboxylic acids is 2. The number of aromatic nitrogens is 2. The van der Waals surface area contributed by atoms with Gasteiger partial charge in [0.1, 0.15) is 6.04 Å². The van der Waals surface area contributed by atoms with Crippen molar-refractivity contribution in [1.29, 1.82) is 0 Å². The van der Waals surface area contributed by atoms with E-state index in [-0.39, 0.29) is 18.6 Å². The first-order chi connectivity index (χ1) is 13.0. The van der Waals surface area contributed by atoms with Gasteiger partial charge in [0, 0.05) is 33.3 Å². The zero-order chi connectivity index (χ0) is 19.0. The molecule has 1 aromatic heterocycles. The summed E-state index contributed by atoms with van der Waals surface area (Å²) in [6, 6.07) is 7.05. The number of aryl methyl sites for hydroxylation is 1. The second-order valence-corrected chi connectivity index (χ2v) is 6.90. The Labute approximate surface area is 157 Å². The van der Waals surface area contributed by atoms with E-state index >= 15 is 0 Å². The Balaban J connectivity index is 1.47. The highest BCUT2D eigenvalue weighted by Gasteiger charge is 2.37. The summed E-state index contributed by atoms with van der Waals surface area (Å²) in [6.07, 6.45) is 2.64. The van der Waals surface area contributed by atoms with Crippen molar-refractivity contribution >= 4 is 11.8 Å². The molecule has 1 unspecified atom stereocenters. The van der Waals surface area contributed by atoms with E-state index in [2.05, 4.69) is 5.10 Å². The molecule has 2 aromatic rings. The predicted molar refractivity (Wildman–Crippen MR) is 95.8 cm³/mol. The summed E-state index contributed by atoms with van der Waals surface area (Å²) in [5.74, 6) is 1.33. The maximum Gasteiger partial charge on any atom is 0.245 e. The van der Waals surface area contributed by atoms with Gasteiger partial charge in [0.25, 0.3) is 0 Å². The quantitative estimate of drug-likeness (QED) is 0.793. The van der Waals surface area contributed by atoms with E-state index in [0.717, 1.165) is 11.3 Å². The summed E-state index contributed by atoms with van der Waals surface area (Å²) in [5.41, 5.74) is 1.86. The van der Waals surface area contributed by atoms with Crippen LogP contribution >= 0.6 is 0 Å². The van der Waals surface area contributed by atoms with Crippen molar-refractivity contribution in [3.8, 4) is 11.5 Å². The van der Waals surface area contributed by atoms with Gasteiger partial charge < -0.3 is 19.3 Å². The van der Waals surface area contributed by atoms with Crippen molar-refractivity contribution in [2.24, 2.45) is 7.05 Å².